The van der Waals surface area contributed by atoms with Gasteiger partial charge in [-0.1, -0.05) is 35.9 Å². The first-order valence-corrected chi connectivity index (χ1v) is 9.83. The third-order valence-electron chi connectivity index (χ3n) is 3.95. The minimum absolute atomic E-state index is 0.227. The number of nitrogens with one attached hydrogen (secondary N) is 1. The van der Waals surface area contributed by atoms with Gasteiger partial charge in [-0.25, -0.2) is 0 Å². The molecule has 1 amide bonds. The Hall–Kier alpha value is -1.69. The number of hydrogen-bond acceptors (Lipinski definition) is 4. The lowest BCUT2D eigenvalue weighted by atomic mass is 10.2. The third-order valence-corrected chi connectivity index (χ3v) is 5.25. The minimum Gasteiger partial charge on any atom is -0.456 e. The quantitative estimate of drug-likeness (QED) is 0.832. The number of para-hydroxylation sites is 1. The molecule has 2 aromatic rings. The first-order valence-electron chi connectivity index (χ1n) is 8.30. The van der Waals surface area contributed by atoms with E-state index in [1.807, 2.05) is 47.4 Å². The number of rotatable bonds is 6. The summed E-state index contributed by atoms with van der Waals surface area (Å²) >= 11 is 7.75. The molecular weight excluding hydrogens is 356 g/mol. The molecule has 1 fully saturated rings. The minimum atomic E-state index is 0.227. The van der Waals surface area contributed by atoms with Crippen molar-refractivity contribution >= 4 is 29.3 Å². The van der Waals surface area contributed by atoms with Gasteiger partial charge in [-0.15, -0.1) is 11.8 Å². The molecule has 0 saturated carbocycles. The van der Waals surface area contributed by atoms with Gasteiger partial charge in [0.2, 0.25) is 5.91 Å². The molecule has 0 spiro atoms. The molecule has 4 nitrogen and oxygen atoms in total. The topological polar surface area (TPSA) is 41.6 Å². The van der Waals surface area contributed by atoms with Crippen LogP contribution >= 0.6 is 23.4 Å². The largest absolute Gasteiger partial charge is 0.456 e. The fourth-order valence-electron chi connectivity index (χ4n) is 2.57. The Bertz CT molecular complexity index is 703. The van der Waals surface area contributed by atoms with Crippen LogP contribution < -0.4 is 10.1 Å². The van der Waals surface area contributed by atoms with E-state index in [1.165, 1.54) is 5.56 Å². The molecule has 1 aliphatic rings. The number of halogens is 1. The lowest BCUT2D eigenvalue weighted by Crippen LogP contribution is -2.47. The zero-order valence-electron chi connectivity index (χ0n) is 13.9. The maximum Gasteiger partial charge on any atom is 0.232 e. The van der Waals surface area contributed by atoms with Crippen LogP contribution in [-0.2, 0) is 10.5 Å². The van der Waals surface area contributed by atoms with E-state index in [1.54, 1.807) is 17.8 Å². The van der Waals surface area contributed by atoms with Gasteiger partial charge in [-0.3, -0.25) is 4.79 Å². The number of ether oxygens (including phenoxy) is 1. The molecule has 25 heavy (non-hydrogen) atoms. The zero-order valence-corrected chi connectivity index (χ0v) is 15.5. The van der Waals surface area contributed by atoms with Crippen molar-refractivity contribution in [2.75, 3.05) is 31.9 Å². The average molecular weight is 377 g/mol. The summed E-state index contributed by atoms with van der Waals surface area (Å²) < 4.78 is 5.78. The Kier molecular flexibility index (Phi) is 6.62. The highest BCUT2D eigenvalue weighted by molar-refractivity contribution is 7.99. The van der Waals surface area contributed by atoms with Crippen LogP contribution in [0.5, 0.6) is 11.5 Å². The van der Waals surface area contributed by atoms with E-state index in [4.69, 9.17) is 16.3 Å². The van der Waals surface area contributed by atoms with Crippen molar-refractivity contribution in [1.82, 2.24) is 10.2 Å². The zero-order chi connectivity index (χ0) is 17.5. The smallest absolute Gasteiger partial charge is 0.232 e. The van der Waals surface area contributed by atoms with E-state index in [-0.39, 0.29) is 5.91 Å². The summed E-state index contributed by atoms with van der Waals surface area (Å²) in [7, 11) is 0. The first-order chi connectivity index (χ1) is 12.2. The van der Waals surface area contributed by atoms with Gasteiger partial charge in [0.05, 0.1) is 10.8 Å². The molecule has 0 aromatic heterocycles. The van der Waals surface area contributed by atoms with Crippen LogP contribution in [-0.4, -0.2) is 42.7 Å². The van der Waals surface area contributed by atoms with Crippen molar-refractivity contribution in [3.8, 4) is 11.5 Å². The van der Waals surface area contributed by atoms with Gasteiger partial charge in [0.1, 0.15) is 11.5 Å². The highest BCUT2D eigenvalue weighted by Crippen LogP contribution is 2.29. The van der Waals surface area contributed by atoms with Gasteiger partial charge in [0.25, 0.3) is 0 Å². The second-order valence-corrected chi connectivity index (χ2v) is 7.19. The number of amides is 1. The van der Waals surface area contributed by atoms with Gasteiger partial charge in [-0.05, 0) is 29.8 Å². The van der Waals surface area contributed by atoms with Crippen molar-refractivity contribution in [3.05, 3.63) is 59.1 Å². The molecule has 132 valence electrons. The molecule has 3 rings (SSSR count). The lowest BCUT2D eigenvalue weighted by Gasteiger charge is -2.27. The predicted molar refractivity (Wildman–Crippen MR) is 104 cm³/mol. The lowest BCUT2D eigenvalue weighted by molar-refractivity contribution is -0.128. The molecule has 2 aromatic carbocycles. The highest BCUT2D eigenvalue weighted by atomic mass is 35.5. The van der Waals surface area contributed by atoms with Crippen molar-refractivity contribution in [3.63, 3.8) is 0 Å². The van der Waals surface area contributed by atoms with Crippen LogP contribution in [0.4, 0.5) is 0 Å². The molecule has 0 aliphatic carbocycles. The van der Waals surface area contributed by atoms with Crippen LogP contribution in [0.2, 0.25) is 5.02 Å². The molecule has 0 radical (unpaired) electrons. The van der Waals surface area contributed by atoms with Gasteiger partial charge in [0.15, 0.2) is 0 Å². The van der Waals surface area contributed by atoms with E-state index >= 15 is 0 Å². The van der Waals surface area contributed by atoms with Crippen LogP contribution in [0.25, 0.3) is 0 Å². The van der Waals surface area contributed by atoms with Gasteiger partial charge >= 0.3 is 0 Å². The summed E-state index contributed by atoms with van der Waals surface area (Å²) in [5.41, 5.74) is 1.17. The number of nitrogens with zero attached hydrogens (tertiary/aromatic N) is 1. The number of benzene rings is 2. The van der Waals surface area contributed by atoms with E-state index in [9.17, 15) is 4.79 Å². The monoisotopic (exact) mass is 376 g/mol. The summed E-state index contributed by atoms with van der Waals surface area (Å²) in [6, 6.07) is 15.3. The van der Waals surface area contributed by atoms with Crippen molar-refractivity contribution in [2.45, 2.75) is 5.75 Å². The summed E-state index contributed by atoms with van der Waals surface area (Å²) in [4.78, 5) is 14.1. The van der Waals surface area contributed by atoms with Gasteiger partial charge < -0.3 is 15.0 Å². The van der Waals surface area contributed by atoms with Crippen molar-refractivity contribution in [1.29, 1.82) is 0 Å². The number of piperazine rings is 1. The Morgan fingerprint density at radius 3 is 2.56 bits per heavy atom. The summed E-state index contributed by atoms with van der Waals surface area (Å²) in [5.74, 6) is 2.96. The Balaban J connectivity index is 1.46. The molecule has 6 heteroatoms. The van der Waals surface area contributed by atoms with Gasteiger partial charge in [0, 0.05) is 31.9 Å². The van der Waals surface area contributed by atoms with Gasteiger partial charge in [-0.2, -0.15) is 0 Å². The maximum absolute atomic E-state index is 12.1. The first kappa shape index (κ1) is 18.1. The molecule has 1 saturated heterocycles. The highest BCUT2D eigenvalue weighted by Gasteiger charge is 2.15. The summed E-state index contributed by atoms with van der Waals surface area (Å²) in [6.45, 7) is 3.41. The number of hydrogen-bond donors (Lipinski definition) is 1. The van der Waals surface area contributed by atoms with Crippen LogP contribution in [0, 0.1) is 0 Å². The fraction of sp³-hybridized carbons (Fsp3) is 0.316. The van der Waals surface area contributed by atoms with Crippen molar-refractivity contribution < 1.29 is 9.53 Å². The third kappa shape index (κ3) is 5.39. The summed E-state index contributed by atoms with van der Waals surface area (Å²) in [5, 5.41) is 3.85. The second-order valence-electron chi connectivity index (χ2n) is 5.80. The van der Waals surface area contributed by atoms with Crippen LogP contribution in [0.3, 0.4) is 0 Å². The molecule has 0 atom stereocenters. The SMILES string of the molecule is O=C(CSCc1ccc(Oc2ccccc2Cl)cc1)N1CCNCC1. The van der Waals surface area contributed by atoms with Crippen LogP contribution in [0.1, 0.15) is 5.56 Å². The molecular formula is C19H21ClN2O2S. The molecule has 1 N–H and O–H groups in total. The van der Waals surface area contributed by atoms with Crippen molar-refractivity contribution in [2.24, 2.45) is 0 Å². The Morgan fingerprint density at radius 1 is 1.12 bits per heavy atom. The summed E-state index contributed by atoms with van der Waals surface area (Å²) in [6.07, 6.45) is 0. The van der Waals surface area contributed by atoms with E-state index in [0.29, 0.717) is 16.5 Å². The number of thioether (sulfide) groups is 1. The second kappa shape index (κ2) is 9.13. The number of carbonyl (C=O) groups excluding carboxylic acids is 1. The normalized spacial score (nSPS) is 14.4. The Labute approximate surface area is 157 Å². The standard InChI is InChI=1S/C19H21ClN2O2S/c20-17-3-1-2-4-18(17)24-16-7-5-15(6-8-16)13-25-14-19(23)22-11-9-21-10-12-22/h1-8,21H,9-14H2. The van der Waals surface area contributed by atoms with E-state index in [0.717, 1.165) is 37.7 Å². The maximum atomic E-state index is 12.1. The molecule has 1 heterocycles. The Morgan fingerprint density at radius 2 is 1.84 bits per heavy atom. The van der Waals surface area contributed by atoms with E-state index in [2.05, 4.69) is 5.32 Å². The van der Waals surface area contributed by atoms with Crippen LogP contribution in [0.15, 0.2) is 48.5 Å². The van der Waals surface area contributed by atoms with E-state index < -0.39 is 0 Å². The number of carbonyl (C=O) groups is 1. The molecule has 1 aliphatic heterocycles. The molecule has 0 bridgehead atoms. The fourth-order valence-corrected chi connectivity index (χ4v) is 3.63. The molecule has 0 unspecified atom stereocenters. The predicted octanol–water partition coefficient (Wildman–Crippen LogP) is 3.80. The average Bonchev–Trinajstić information content (AvgIpc) is 2.65.